The summed E-state index contributed by atoms with van der Waals surface area (Å²) in [4.78, 5) is 9.15. The molecule has 0 amide bonds. The lowest BCUT2D eigenvalue weighted by molar-refractivity contribution is 0.737. The molecule has 0 fully saturated rings. The first-order valence-corrected chi connectivity index (χ1v) is 7.31. The number of fused-ring (bicyclic) bond motifs is 1. The van der Waals surface area contributed by atoms with Crippen molar-refractivity contribution in [1.29, 1.82) is 0 Å². The van der Waals surface area contributed by atoms with E-state index >= 15 is 0 Å². The van der Waals surface area contributed by atoms with Crippen molar-refractivity contribution in [2.24, 2.45) is 4.99 Å². The van der Waals surface area contributed by atoms with Crippen LogP contribution in [0.25, 0.3) is 5.82 Å². The molecule has 3 heterocycles. The predicted octanol–water partition coefficient (Wildman–Crippen LogP) is 3.68. The topological polar surface area (TPSA) is 43.1 Å². The van der Waals surface area contributed by atoms with Gasteiger partial charge >= 0.3 is 0 Å². The summed E-state index contributed by atoms with van der Waals surface area (Å²) in [5, 5.41) is 4.43. The third-order valence-corrected chi connectivity index (χ3v) is 4.14. The minimum atomic E-state index is -0.116. The number of aromatic nitrogens is 3. The quantitative estimate of drug-likeness (QED) is 0.722. The third kappa shape index (κ3) is 1.88. The van der Waals surface area contributed by atoms with Crippen LogP contribution in [-0.2, 0) is 5.41 Å². The van der Waals surface area contributed by atoms with Crippen LogP contribution in [0.15, 0.2) is 66.0 Å². The lowest BCUT2D eigenvalue weighted by Crippen LogP contribution is -2.26. The fourth-order valence-corrected chi connectivity index (χ4v) is 2.97. The molecule has 4 heteroatoms. The first kappa shape index (κ1) is 13.0. The van der Waals surface area contributed by atoms with Gasteiger partial charge in [-0.05, 0) is 23.8 Å². The Morgan fingerprint density at radius 1 is 1.00 bits per heavy atom. The summed E-state index contributed by atoms with van der Waals surface area (Å²) in [5.74, 6) is 0.808. The van der Waals surface area contributed by atoms with Crippen molar-refractivity contribution in [1.82, 2.24) is 14.8 Å². The number of aliphatic imine (C=N–C) groups is 1. The normalized spacial score (nSPS) is 15.5. The van der Waals surface area contributed by atoms with E-state index < -0.39 is 0 Å². The zero-order valence-electron chi connectivity index (χ0n) is 12.6. The van der Waals surface area contributed by atoms with Gasteiger partial charge < -0.3 is 0 Å². The van der Waals surface area contributed by atoms with E-state index in [1.165, 1.54) is 5.56 Å². The monoisotopic (exact) mass is 288 g/mol. The predicted molar refractivity (Wildman–Crippen MR) is 87.0 cm³/mol. The summed E-state index contributed by atoms with van der Waals surface area (Å²) in [6, 6.07) is 14.1. The zero-order chi connectivity index (χ0) is 15.2. The fraction of sp³-hybridized carbons (Fsp3) is 0.167. The van der Waals surface area contributed by atoms with E-state index in [4.69, 9.17) is 4.99 Å². The highest BCUT2D eigenvalue weighted by Crippen LogP contribution is 2.41. The average Bonchev–Trinajstić information content (AvgIpc) is 3.12. The molecule has 0 radical (unpaired) electrons. The van der Waals surface area contributed by atoms with E-state index in [2.05, 4.69) is 42.1 Å². The highest BCUT2D eigenvalue weighted by Gasteiger charge is 2.36. The molecule has 1 aliphatic heterocycles. The van der Waals surface area contributed by atoms with Gasteiger partial charge in [-0.3, -0.25) is 4.99 Å². The molecule has 0 bridgehead atoms. The molecule has 22 heavy (non-hydrogen) atoms. The fourth-order valence-electron chi connectivity index (χ4n) is 2.97. The van der Waals surface area contributed by atoms with E-state index in [1.54, 1.807) is 10.9 Å². The molecule has 0 saturated carbocycles. The largest absolute Gasteiger partial charge is 0.251 e. The van der Waals surface area contributed by atoms with Gasteiger partial charge in [0.2, 0.25) is 0 Å². The molecule has 0 aliphatic carbocycles. The van der Waals surface area contributed by atoms with Gasteiger partial charge in [0.05, 0.1) is 17.6 Å². The Hall–Kier alpha value is -2.75. The molecule has 3 aromatic rings. The molecule has 1 aromatic carbocycles. The molecular weight excluding hydrogens is 272 g/mol. The van der Waals surface area contributed by atoms with Gasteiger partial charge in [0.15, 0.2) is 5.82 Å². The minimum absolute atomic E-state index is 0.116. The summed E-state index contributed by atoms with van der Waals surface area (Å²) in [6.45, 7) is 4.41. The van der Waals surface area contributed by atoms with Crippen LogP contribution in [0.1, 0.15) is 25.0 Å². The summed E-state index contributed by atoms with van der Waals surface area (Å²) in [6.07, 6.45) is 5.62. The van der Waals surface area contributed by atoms with Gasteiger partial charge in [-0.25, -0.2) is 9.67 Å². The maximum atomic E-state index is 4.82. The molecule has 0 atom stereocenters. The van der Waals surface area contributed by atoms with Gasteiger partial charge in [0.25, 0.3) is 0 Å². The highest BCUT2D eigenvalue weighted by atomic mass is 15.3. The Bertz CT molecular complexity index is 860. The minimum Gasteiger partial charge on any atom is -0.251 e. The van der Waals surface area contributed by atoms with Crippen LogP contribution in [0.3, 0.4) is 0 Å². The Morgan fingerprint density at radius 3 is 2.59 bits per heavy atom. The molecule has 0 N–H and O–H groups in total. The SMILES string of the molecule is CC1(C)C(c2cnn(-c3ccccn3)c2)=Nc2ccccc21. The summed E-state index contributed by atoms with van der Waals surface area (Å²) in [5.41, 5.74) is 4.28. The van der Waals surface area contributed by atoms with E-state index in [-0.39, 0.29) is 5.41 Å². The average molecular weight is 288 g/mol. The van der Waals surface area contributed by atoms with Crippen molar-refractivity contribution in [3.05, 3.63) is 72.2 Å². The van der Waals surface area contributed by atoms with Crippen molar-refractivity contribution in [3.8, 4) is 5.82 Å². The molecular formula is C18H16N4. The van der Waals surface area contributed by atoms with Gasteiger partial charge in [0, 0.05) is 23.4 Å². The number of benzene rings is 1. The second kappa shape index (κ2) is 4.63. The van der Waals surface area contributed by atoms with Crippen LogP contribution in [0.2, 0.25) is 0 Å². The highest BCUT2D eigenvalue weighted by molar-refractivity contribution is 6.12. The molecule has 2 aromatic heterocycles. The number of nitrogens with zero attached hydrogens (tertiary/aromatic N) is 4. The van der Waals surface area contributed by atoms with E-state index in [0.717, 1.165) is 22.8 Å². The zero-order valence-corrected chi connectivity index (χ0v) is 12.6. The molecule has 0 saturated heterocycles. The molecule has 4 rings (SSSR count). The Labute approximate surface area is 129 Å². The van der Waals surface area contributed by atoms with Crippen LogP contribution in [0, 0.1) is 0 Å². The van der Waals surface area contributed by atoms with Crippen LogP contribution >= 0.6 is 0 Å². The summed E-state index contributed by atoms with van der Waals surface area (Å²) in [7, 11) is 0. The van der Waals surface area contributed by atoms with Crippen molar-refractivity contribution in [2.75, 3.05) is 0 Å². The van der Waals surface area contributed by atoms with Crippen molar-refractivity contribution >= 4 is 11.4 Å². The van der Waals surface area contributed by atoms with Crippen LogP contribution in [-0.4, -0.2) is 20.5 Å². The van der Waals surface area contributed by atoms with Gasteiger partial charge in [-0.15, -0.1) is 0 Å². The first-order chi connectivity index (χ1) is 10.7. The van der Waals surface area contributed by atoms with Gasteiger partial charge in [0.1, 0.15) is 0 Å². The number of rotatable bonds is 2. The molecule has 4 nitrogen and oxygen atoms in total. The van der Waals surface area contributed by atoms with Crippen molar-refractivity contribution in [2.45, 2.75) is 19.3 Å². The lowest BCUT2D eigenvalue weighted by atomic mass is 9.80. The van der Waals surface area contributed by atoms with E-state index in [1.807, 2.05) is 36.7 Å². The molecule has 108 valence electrons. The Kier molecular flexibility index (Phi) is 2.73. The Morgan fingerprint density at radius 2 is 1.82 bits per heavy atom. The number of hydrogen-bond acceptors (Lipinski definition) is 3. The van der Waals surface area contributed by atoms with Crippen molar-refractivity contribution in [3.63, 3.8) is 0 Å². The van der Waals surface area contributed by atoms with E-state index in [9.17, 15) is 0 Å². The van der Waals surface area contributed by atoms with Crippen LogP contribution in [0.4, 0.5) is 5.69 Å². The number of pyridine rings is 1. The molecule has 0 spiro atoms. The standard InChI is InChI=1S/C18H16N4/c1-18(2)14-7-3-4-8-15(14)21-17(18)13-11-20-22(12-13)16-9-5-6-10-19-16/h3-12H,1-2H3. The lowest BCUT2D eigenvalue weighted by Gasteiger charge is -2.21. The Balaban J connectivity index is 1.77. The second-order valence-corrected chi connectivity index (χ2v) is 5.96. The smallest absolute Gasteiger partial charge is 0.153 e. The van der Waals surface area contributed by atoms with Gasteiger partial charge in [-0.2, -0.15) is 5.10 Å². The van der Waals surface area contributed by atoms with Crippen LogP contribution < -0.4 is 0 Å². The summed E-state index contributed by atoms with van der Waals surface area (Å²) < 4.78 is 1.79. The number of hydrogen-bond donors (Lipinski definition) is 0. The first-order valence-electron chi connectivity index (χ1n) is 7.31. The maximum absolute atomic E-state index is 4.82. The van der Waals surface area contributed by atoms with Crippen LogP contribution in [0.5, 0.6) is 0 Å². The van der Waals surface area contributed by atoms with E-state index in [0.29, 0.717) is 0 Å². The molecule has 1 aliphatic rings. The third-order valence-electron chi connectivity index (χ3n) is 4.14. The number of para-hydroxylation sites is 1. The van der Waals surface area contributed by atoms with Crippen molar-refractivity contribution < 1.29 is 0 Å². The second-order valence-electron chi connectivity index (χ2n) is 5.96. The maximum Gasteiger partial charge on any atom is 0.153 e. The molecule has 0 unspecified atom stereocenters. The summed E-state index contributed by atoms with van der Waals surface area (Å²) >= 11 is 0. The van der Waals surface area contributed by atoms with Gasteiger partial charge in [-0.1, -0.05) is 38.1 Å².